The predicted molar refractivity (Wildman–Crippen MR) is 72.6 cm³/mol. The summed E-state index contributed by atoms with van der Waals surface area (Å²) in [6.45, 7) is 0. The highest BCUT2D eigenvalue weighted by Gasteiger charge is 2.37. The van der Waals surface area contributed by atoms with Crippen LogP contribution in [0.4, 0.5) is 13.2 Å². The van der Waals surface area contributed by atoms with E-state index in [0.717, 1.165) is 23.5 Å². The molecule has 2 rings (SSSR count). The van der Waals surface area contributed by atoms with Crippen LogP contribution in [0.25, 0.3) is 0 Å². The molecule has 1 heterocycles. The lowest BCUT2D eigenvalue weighted by Crippen LogP contribution is -2.52. The van der Waals surface area contributed by atoms with Crippen LogP contribution in [-0.4, -0.2) is 37.6 Å². The Labute approximate surface area is 130 Å². The molecule has 1 unspecified atom stereocenters. The number of nitrogens with one attached hydrogen (secondary N) is 1. The van der Waals surface area contributed by atoms with E-state index >= 15 is 0 Å². The third-order valence-corrected chi connectivity index (χ3v) is 5.39. The molecule has 126 valence electrons. The monoisotopic (exact) mass is 350 g/mol. The Balaban J connectivity index is 2.27. The van der Waals surface area contributed by atoms with E-state index < -0.39 is 39.6 Å². The SMILES string of the molecule is CN(C1CCC(=O)NC1=O)S(=O)(=O)c1ccc(C(F)(F)F)cc1. The Kier molecular flexibility index (Phi) is 4.49. The average Bonchev–Trinajstić information content (AvgIpc) is 2.46. The van der Waals surface area contributed by atoms with Crippen LogP contribution < -0.4 is 5.32 Å². The zero-order chi connectivity index (χ0) is 17.4. The molecule has 0 saturated carbocycles. The Morgan fingerprint density at radius 3 is 2.22 bits per heavy atom. The molecule has 6 nitrogen and oxygen atoms in total. The molecule has 1 aliphatic heterocycles. The summed E-state index contributed by atoms with van der Waals surface area (Å²) in [5, 5.41) is 2.03. The number of halogens is 3. The maximum Gasteiger partial charge on any atom is 0.416 e. The van der Waals surface area contributed by atoms with Crippen LogP contribution in [0.5, 0.6) is 0 Å². The van der Waals surface area contributed by atoms with Crippen LogP contribution in [0, 0.1) is 0 Å². The fraction of sp³-hybridized carbons (Fsp3) is 0.385. The summed E-state index contributed by atoms with van der Waals surface area (Å²) in [7, 11) is -3.01. The Morgan fingerprint density at radius 2 is 1.74 bits per heavy atom. The molecule has 0 spiro atoms. The first kappa shape index (κ1) is 17.4. The van der Waals surface area contributed by atoms with Gasteiger partial charge in [-0.1, -0.05) is 0 Å². The molecule has 10 heteroatoms. The number of sulfonamides is 1. The molecular formula is C13H13F3N2O4S. The molecule has 0 aromatic heterocycles. The van der Waals surface area contributed by atoms with Crippen molar-refractivity contribution >= 4 is 21.8 Å². The lowest BCUT2D eigenvalue weighted by molar-refractivity contribution is -0.138. The zero-order valence-corrected chi connectivity index (χ0v) is 12.7. The lowest BCUT2D eigenvalue weighted by atomic mass is 10.1. The van der Waals surface area contributed by atoms with Crippen LogP contribution in [0.15, 0.2) is 29.2 Å². The number of likely N-dealkylation sites (N-methyl/N-ethyl adjacent to an activating group) is 1. The van der Waals surface area contributed by atoms with Gasteiger partial charge in [-0.2, -0.15) is 17.5 Å². The highest BCUT2D eigenvalue weighted by atomic mass is 32.2. The molecule has 1 N–H and O–H groups in total. The number of alkyl halides is 3. The highest BCUT2D eigenvalue weighted by molar-refractivity contribution is 7.89. The molecule has 1 aromatic carbocycles. The van der Waals surface area contributed by atoms with Crippen molar-refractivity contribution in [3.63, 3.8) is 0 Å². The Bertz CT molecular complexity index is 729. The van der Waals surface area contributed by atoms with E-state index in [0.29, 0.717) is 12.1 Å². The van der Waals surface area contributed by atoms with Gasteiger partial charge in [0.2, 0.25) is 21.8 Å². The van der Waals surface area contributed by atoms with Gasteiger partial charge in [0, 0.05) is 13.5 Å². The van der Waals surface area contributed by atoms with Gasteiger partial charge < -0.3 is 0 Å². The van der Waals surface area contributed by atoms with Gasteiger partial charge in [0.15, 0.2) is 0 Å². The second kappa shape index (κ2) is 5.93. The topological polar surface area (TPSA) is 83.6 Å². The fourth-order valence-electron chi connectivity index (χ4n) is 2.18. The average molecular weight is 350 g/mol. The molecular weight excluding hydrogens is 337 g/mol. The van der Waals surface area contributed by atoms with Crippen LogP contribution >= 0.6 is 0 Å². The molecule has 1 atom stereocenters. The van der Waals surface area contributed by atoms with E-state index in [2.05, 4.69) is 0 Å². The van der Waals surface area contributed by atoms with Crippen molar-refractivity contribution in [3.8, 4) is 0 Å². The first-order valence-corrected chi connectivity index (χ1v) is 7.96. The van der Waals surface area contributed by atoms with Crippen LogP contribution in [0.1, 0.15) is 18.4 Å². The standard InChI is InChI=1S/C13H13F3N2O4S/c1-18(10-6-7-11(19)17-12(10)20)23(21,22)9-4-2-8(3-5-9)13(14,15)16/h2-5,10H,6-7H2,1H3,(H,17,19,20). The quantitative estimate of drug-likeness (QED) is 0.829. The summed E-state index contributed by atoms with van der Waals surface area (Å²) in [5.41, 5.74) is -0.972. The van der Waals surface area contributed by atoms with Gasteiger partial charge in [-0.15, -0.1) is 0 Å². The van der Waals surface area contributed by atoms with Crippen molar-refractivity contribution in [2.24, 2.45) is 0 Å². The first-order valence-electron chi connectivity index (χ1n) is 6.52. The van der Waals surface area contributed by atoms with Crippen LogP contribution in [0.3, 0.4) is 0 Å². The van der Waals surface area contributed by atoms with Gasteiger partial charge in [-0.25, -0.2) is 8.42 Å². The Morgan fingerprint density at radius 1 is 1.17 bits per heavy atom. The van der Waals surface area contributed by atoms with Gasteiger partial charge in [-0.05, 0) is 30.7 Å². The molecule has 0 radical (unpaired) electrons. The minimum absolute atomic E-state index is 0.0106. The van der Waals surface area contributed by atoms with Crippen molar-refractivity contribution in [1.29, 1.82) is 0 Å². The summed E-state index contributed by atoms with van der Waals surface area (Å²) >= 11 is 0. The molecule has 2 amide bonds. The number of amides is 2. The van der Waals surface area contributed by atoms with Crippen molar-refractivity contribution in [2.45, 2.75) is 30.0 Å². The minimum atomic E-state index is -4.57. The van der Waals surface area contributed by atoms with Gasteiger partial charge in [0.05, 0.1) is 10.5 Å². The summed E-state index contributed by atoms with van der Waals surface area (Å²) < 4.78 is 63.1. The largest absolute Gasteiger partial charge is 0.416 e. The highest BCUT2D eigenvalue weighted by Crippen LogP contribution is 2.30. The number of hydrogen-bond acceptors (Lipinski definition) is 4. The summed E-state index contributed by atoms with van der Waals surface area (Å²) in [6, 6.07) is 1.90. The van der Waals surface area contributed by atoms with Crippen molar-refractivity contribution in [2.75, 3.05) is 7.05 Å². The van der Waals surface area contributed by atoms with Crippen molar-refractivity contribution < 1.29 is 31.2 Å². The molecule has 0 aliphatic carbocycles. The Hall–Kier alpha value is -1.94. The number of imide groups is 1. The van der Waals surface area contributed by atoms with Gasteiger partial charge in [0.25, 0.3) is 0 Å². The van der Waals surface area contributed by atoms with Crippen LogP contribution in [-0.2, 0) is 25.8 Å². The second-order valence-electron chi connectivity index (χ2n) is 5.01. The van der Waals surface area contributed by atoms with E-state index in [1.54, 1.807) is 0 Å². The van der Waals surface area contributed by atoms with Gasteiger partial charge in [-0.3, -0.25) is 14.9 Å². The van der Waals surface area contributed by atoms with E-state index in [9.17, 15) is 31.2 Å². The minimum Gasteiger partial charge on any atom is -0.295 e. The number of carbonyl (C=O) groups excluding carboxylic acids is 2. The van der Waals surface area contributed by atoms with E-state index in [-0.39, 0.29) is 17.7 Å². The maximum atomic E-state index is 12.5. The number of benzene rings is 1. The maximum absolute atomic E-state index is 12.5. The summed E-state index contributed by atoms with van der Waals surface area (Å²) in [6.07, 6.45) is -4.57. The van der Waals surface area contributed by atoms with Crippen LogP contribution in [0.2, 0.25) is 0 Å². The van der Waals surface area contributed by atoms with E-state index in [1.807, 2.05) is 5.32 Å². The lowest BCUT2D eigenvalue weighted by Gasteiger charge is -2.29. The molecule has 1 aliphatic rings. The third-order valence-electron chi connectivity index (χ3n) is 3.51. The van der Waals surface area contributed by atoms with Gasteiger partial charge >= 0.3 is 6.18 Å². The first-order chi connectivity index (χ1) is 10.5. The van der Waals surface area contributed by atoms with Crippen molar-refractivity contribution in [1.82, 2.24) is 9.62 Å². The molecule has 1 fully saturated rings. The number of piperidine rings is 1. The van der Waals surface area contributed by atoms with Gasteiger partial charge in [0.1, 0.15) is 6.04 Å². The summed E-state index contributed by atoms with van der Waals surface area (Å²) in [5.74, 6) is -1.24. The molecule has 1 aromatic rings. The predicted octanol–water partition coefficient (Wildman–Crippen LogP) is 1.13. The second-order valence-corrected chi connectivity index (χ2v) is 7.01. The molecule has 0 bridgehead atoms. The number of carbonyl (C=O) groups is 2. The number of rotatable bonds is 3. The fourth-order valence-corrected chi connectivity index (χ4v) is 3.53. The number of hydrogen-bond donors (Lipinski definition) is 1. The zero-order valence-electron chi connectivity index (χ0n) is 11.9. The number of nitrogens with zero attached hydrogens (tertiary/aromatic N) is 1. The molecule has 23 heavy (non-hydrogen) atoms. The smallest absolute Gasteiger partial charge is 0.295 e. The van der Waals surface area contributed by atoms with E-state index in [4.69, 9.17) is 0 Å². The third kappa shape index (κ3) is 3.53. The summed E-state index contributed by atoms with van der Waals surface area (Å²) in [4.78, 5) is 22.4. The van der Waals surface area contributed by atoms with Crippen molar-refractivity contribution in [3.05, 3.63) is 29.8 Å². The molecule has 1 saturated heterocycles. The normalized spacial score (nSPS) is 19.8. The van der Waals surface area contributed by atoms with E-state index in [1.165, 1.54) is 0 Å².